The Morgan fingerprint density at radius 1 is 1.25 bits per heavy atom. The molecular weight excluding hydrogens is 268 g/mol. The molecule has 2 N–H and O–H groups in total. The lowest BCUT2D eigenvalue weighted by molar-refractivity contribution is 0.823. The number of hydrogen-bond acceptors (Lipinski definition) is 5. The van der Waals surface area contributed by atoms with E-state index in [1.54, 1.807) is 11.3 Å². The zero-order valence-electron chi connectivity index (χ0n) is 12.3. The summed E-state index contributed by atoms with van der Waals surface area (Å²) >= 11 is 1.76. The number of nitrogens with one attached hydrogen (secondary N) is 2. The Bertz CT molecular complexity index is 500. The molecule has 0 bridgehead atoms. The van der Waals surface area contributed by atoms with Gasteiger partial charge in [-0.1, -0.05) is 13.0 Å². The number of nitrogens with zero attached hydrogens (tertiary/aromatic N) is 2. The summed E-state index contributed by atoms with van der Waals surface area (Å²) in [6.45, 7) is 7.23. The van der Waals surface area contributed by atoms with Crippen molar-refractivity contribution in [3.63, 3.8) is 0 Å². The largest absolute Gasteiger partial charge is 0.370 e. The van der Waals surface area contributed by atoms with Crippen molar-refractivity contribution < 1.29 is 0 Å². The Kier molecular flexibility index (Phi) is 5.35. The van der Waals surface area contributed by atoms with Crippen molar-refractivity contribution in [2.24, 2.45) is 0 Å². The van der Waals surface area contributed by atoms with Crippen LogP contribution >= 0.6 is 11.3 Å². The molecule has 0 aliphatic rings. The summed E-state index contributed by atoms with van der Waals surface area (Å²) in [5, 5.41) is 8.82. The average Bonchev–Trinajstić information content (AvgIpc) is 2.93. The zero-order valence-corrected chi connectivity index (χ0v) is 13.1. The SMILES string of the molecule is CCCc1nc(NCC)cc(NC(C)c2cccs2)n1. The molecule has 0 fully saturated rings. The van der Waals surface area contributed by atoms with Crippen LogP contribution < -0.4 is 10.6 Å². The van der Waals surface area contributed by atoms with E-state index in [0.29, 0.717) is 0 Å². The van der Waals surface area contributed by atoms with Gasteiger partial charge in [-0.05, 0) is 31.7 Å². The predicted octanol–water partition coefficient (Wildman–Crippen LogP) is 4.10. The highest BCUT2D eigenvalue weighted by atomic mass is 32.1. The van der Waals surface area contributed by atoms with Crippen molar-refractivity contribution >= 4 is 23.0 Å². The molecule has 0 aromatic carbocycles. The lowest BCUT2D eigenvalue weighted by Gasteiger charge is -2.15. The maximum Gasteiger partial charge on any atom is 0.133 e. The summed E-state index contributed by atoms with van der Waals surface area (Å²) < 4.78 is 0. The quantitative estimate of drug-likeness (QED) is 0.806. The normalized spacial score (nSPS) is 12.2. The first kappa shape index (κ1) is 14.8. The minimum Gasteiger partial charge on any atom is -0.370 e. The number of thiophene rings is 1. The molecule has 0 aliphatic carbocycles. The first-order valence-electron chi connectivity index (χ1n) is 7.14. The summed E-state index contributed by atoms with van der Waals surface area (Å²) in [6.07, 6.45) is 1.96. The Morgan fingerprint density at radius 2 is 2.05 bits per heavy atom. The molecule has 0 saturated heterocycles. The fourth-order valence-electron chi connectivity index (χ4n) is 2.01. The van der Waals surface area contributed by atoms with Crippen molar-refractivity contribution in [3.8, 4) is 0 Å². The first-order valence-corrected chi connectivity index (χ1v) is 8.02. The number of rotatable bonds is 7. The number of hydrogen-bond donors (Lipinski definition) is 2. The van der Waals surface area contributed by atoms with E-state index in [-0.39, 0.29) is 6.04 Å². The molecule has 0 aliphatic heterocycles. The van der Waals surface area contributed by atoms with Crippen LogP contribution in [0.5, 0.6) is 0 Å². The van der Waals surface area contributed by atoms with E-state index in [0.717, 1.165) is 36.8 Å². The van der Waals surface area contributed by atoms with Gasteiger partial charge in [0.25, 0.3) is 0 Å². The highest BCUT2D eigenvalue weighted by Crippen LogP contribution is 2.23. The minimum atomic E-state index is 0.258. The molecule has 4 nitrogen and oxygen atoms in total. The molecule has 2 heterocycles. The standard InChI is InChI=1S/C15H22N4S/c1-4-7-13-18-14(16-5-2)10-15(19-13)17-11(3)12-8-6-9-20-12/h6,8-11H,4-5,7H2,1-3H3,(H2,16,17,18,19). The van der Waals surface area contributed by atoms with Gasteiger partial charge in [-0.25, -0.2) is 9.97 Å². The van der Waals surface area contributed by atoms with Crippen molar-refractivity contribution in [1.82, 2.24) is 9.97 Å². The van der Waals surface area contributed by atoms with Crippen molar-refractivity contribution in [2.45, 2.75) is 39.7 Å². The molecular formula is C15H22N4S. The molecule has 2 aromatic rings. The third-order valence-corrected chi connectivity index (χ3v) is 3.99. The van der Waals surface area contributed by atoms with Gasteiger partial charge in [0.15, 0.2) is 0 Å². The van der Waals surface area contributed by atoms with Gasteiger partial charge in [0.05, 0.1) is 6.04 Å². The second kappa shape index (κ2) is 7.24. The monoisotopic (exact) mass is 290 g/mol. The smallest absolute Gasteiger partial charge is 0.133 e. The zero-order chi connectivity index (χ0) is 14.4. The van der Waals surface area contributed by atoms with Gasteiger partial charge in [-0.15, -0.1) is 11.3 Å². The lowest BCUT2D eigenvalue weighted by Crippen LogP contribution is -2.10. The summed E-state index contributed by atoms with van der Waals surface area (Å²) in [5.41, 5.74) is 0. The van der Waals surface area contributed by atoms with Gasteiger partial charge in [0.2, 0.25) is 0 Å². The second-order valence-corrected chi connectivity index (χ2v) is 5.70. The average molecular weight is 290 g/mol. The maximum absolute atomic E-state index is 4.60. The van der Waals surface area contributed by atoms with Gasteiger partial charge >= 0.3 is 0 Å². The molecule has 1 unspecified atom stereocenters. The summed E-state index contributed by atoms with van der Waals surface area (Å²) in [7, 11) is 0. The van der Waals surface area contributed by atoms with E-state index in [2.05, 4.69) is 58.9 Å². The van der Waals surface area contributed by atoms with Crippen LogP contribution in [0.4, 0.5) is 11.6 Å². The topological polar surface area (TPSA) is 49.8 Å². The van der Waals surface area contributed by atoms with E-state index in [9.17, 15) is 0 Å². The van der Waals surface area contributed by atoms with E-state index in [4.69, 9.17) is 0 Å². The highest BCUT2D eigenvalue weighted by molar-refractivity contribution is 7.10. The van der Waals surface area contributed by atoms with Gasteiger partial charge in [0, 0.05) is 23.9 Å². The van der Waals surface area contributed by atoms with E-state index in [1.165, 1.54) is 4.88 Å². The molecule has 0 spiro atoms. The Hall–Kier alpha value is -1.62. The highest BCUT2D eigenvalue weighted by Gasteiger charge is 2.09. The second-order valence-electron chi connectivity index (χ2n) is 4.72. The Morgan fingerprint density at radius 3 is 2.70 bits per heavy atom. The molecule has 108 valence electrons. The molecule has 0 saturated carbocycles. The van der Waals surface area contributed by atoms with E-state index in [1.807, 2.05) is 6.07 Å². The Balaban J connectivity index is 2.16. The van der Waals surface area contributed by atoms with Gasteiger partial charge in [0.1, 0.15) is 17.5 Å². The van der Waals surface area contributed by atoms with Crippen LogP contribution in [-0.2, 0) is 6.42 Å². The Labute approximate surface area is 124 Å². The summed E-state index contributed by atoms with van der Waals surface area (Å²) in [5.74, 6) is 2.68. The fraction of sp³-hybridized carbons (Fsp3) is 0.467. The third kappa shape index (κ3) is 3.93. The summed E-state index contributed by atoms with van der Waals surface area (Å²) in [4.78, 5) is 10.4. The van der Waals surface area contributed by atoms with Crippen molar-refractivity contribution in [3.05, 3.63) is 34.3 Å². The van der Waals surface area contributed by atoms with Crippen LogP contribution in [0.3, 0.4) is 0 Å². The number of aromatic nitrogens is 2. The molecule has 0 amide bonds. The van der Waals surface area contributed by atoms with Crippen LogP contribution in [0.15, 0.2) is 23.6 Å². The third-order valence-electron chi connectivity index (χ3n) is 2.94. The molecule has 20 heavy (non-hydrogen) atoms. The molecule has 1 atom stereocenters. The van der Waals surface area contributed by atoms with Crippen LogP contribution in [0.2, 0.25) is 0 Å². The van der Waals surface area contributed by atoms with Crippen LogP contribution in [0.25, 0.3) is 0 Å². The van der Waals surface area contributed by atoms with Crippen molar-refractivity contribution in [1.29, 1.82) is 0 Å². The van der Waals surface area contributed by atoms with E-state index < -0.39 is 0 Å². The van der Waals surface area contributed by atoms with Gasteiger partial charge in [-0.2, -0.15) is 0 Å². The van der Waals surface area contributed by atoms with Gasteiger partial charge < -0.3 is 10.6 Å². The molecule has 0 radical (unpaired) electrons. The summed E-state index contributed by atoms with van der Waals surface area (Å²) in [6, 6.07) is 6.45. The van der Waals surface area contributed by atoms with E-state index >= 15 is 0 Å². The van der Waals surface area contributed by atoms with Gasteiger partial charge in [-0.3, -0.25) is 0 Å². The van der Waals surface area contributed by atoms with Crippen LogP contribution in [-0.4, -0.2) is 16.5 Å². The lowest BCUT2D eigenvalue weighted by atomic mass is 10.2. The number of aryl methyl sites for hydroxylation is 1. The minimum absolute atomic E-state index is 0.258. The van der Waals surface area contributed by atoms with Crippen LogP contribution in [0.1, 0.15) is 43.9 Å². The molecule has 2 aromatic heterocycles. The predicted molar refractivity (Wildman–Crippen MR) is 86.5 cm³/mol. The van der Waals surface area contributed by atoms with Crippen molar-refractivity contribution in [2.75, 3.05) is 17.2 Å². The number of anilines is 2. The van der Waals surface area contributed by atoms with Crippen LogP contribution in [0, 0.1) is 0 Å². The molecule has 5 heteroatoms. The fourth-order valence-corrected chi connectivity index (χ4v) is 2.74. The maximum atomic E-state index is 4.60. The molecule has 2 rings (SSSR count). The first-order chi connectivity index (χ1) is 9.72.